The maximum atomic E-state index is 9.25. The zero-order valence-corrected chi connectivity index (χ0v) is 29.8. The second kappa shape index (κ2) is 30.5. The summed E-state index contributed by atoms with van der Waals surface area (Å²) in [6, 6.07) is 0. The Bertz CT molecular complexity index is 432. The smallest absolute Gasteiger partial charge is 0.0786 e. The molecule has 0 rings (SSSR count). The van der Waals surface area contributed by atoms with Gasteiger partial charge in [-0.1, -0.05) is 107 Å². The fourth-order valence-corrected chi connectivity index (χ4v) is 5.29. The van der Waals surface area contributed by atoms with E-state index >= 15 is 0 Å². The molecule has 246 valence electrons. The number of hydrogen-bond acceptors (Lipinski definition) is 4. The van der Waals surface area contributed by atoms with E-state index in [1.165, 1.54) is 164 Å². The minimum atomic E-state index is -4.65. The van der Waals surface area contributed by atoms with Gasteiger partial charge in [0.2, 0.25) is 0 Å². The maximum absolute atomic E-state index is 9.25. The van der Waals surface area contributed by atoms with Crippen molar-refractivity contribution < 1.29 is 27.8 Å². The molecular weight excluding hydrogens is 525 g/mol. The van der Waals surface area contributed by atoms with E-state index < -0.39 is 7.82 Å². The molecule has 0 bridgehead atoms. The third kappa shape index (κ3) is 28.2. The monoisotopic (exact) mass is 601 g/mol. The van der Waals surface area contributed by atoms with Crippen LogP contribution in [0.25, 0.3) is 0 Å². The van der Waals surface area contributed by atoms with Gasteiger partial charge in [-0.05, 0) is 51.4 Å². The first-order chi connectivity index (χ1) is 19.0. The summed E-state index contributed by atoms with van der Waals surface area (Å²) < 4.78 is 15.5. The first-order valence-corrected chi connectivity index (χ1v) is 18.8. The standard InChI is InChI=1S/2C16H36N.CH5O4P/c2*1-5-9-13-17(14-10-6-2,15-11-7-3)16-12-8-4;1-5-6(2,3)4/h2*5-16H2,1-4H3;1H3,(H2,2,3,4)/q2*+1;/p-2/i;;2+2,3+2,4+2. The molecular formula is C33H75N2O4P. The molecule has 0 aliphatic rings. The van der Waals surface area contributed by atoms with Gasteiger partial charge in [0.05, 0.1) is 60.2 Å². The first kappa shape index (κ1) is 44.5. The molecule has 0 saturated carbocycles. The van der Waals surface area contributed by atoms with Gasteiger partial charge < -0.3 is 27.8 Å². The Morgan fingerprint density at radius 3 is 0.625 bits per heavy atom. The van der Waals surface area contributed by atoms with Gasteiger partial charge >= 0.3 is 0 Å². The van der Waals surface area contributed by atoms with Gasteiger partial charge in [0, 0.05) is 7.11 Å². The van der Waals surface area contributed by atoms with Gasteiger partial charge in [-0.3, -0.25) is 0 Å². The number of quaternary nitrogens is 2. The maximum Gasteiger partial charge on any atom is 0.0786 e. The zero-order valence-electron chi connectivity index (χ0n) is 28.9. The van der Waals surface area contributed by atoms with E-state index in [-0.39, 0.29) is 0 Å². The summed E-state index contributed by atoms with van der Waals surface area (Å²) in [5.74, 6) is 0. The molecule has 0 aromatic carbocycles. The largest absolute Gasteiger partial charge is 0.790 e. The summed E-state index contributed by atoms with van der Waals surface area (Å²) in [7, 11) is -3.83. The van der Waals surface area contributed by atoms with Gasteiger partial charge in [-0.15, -0.1) is 0 Å². The van der Waals surface area contributed by atoms with Crippen LogP contribution in [0, 0.1) is 0 Å². The number of hydrogen-bond donors (Lipinski definition) is 0. The van der Waals surface area contributed by atoms with Gasteiger partial charge in [0.25, 0.3) is 0 Å². The van der Waals surface area contributed by atoms with Gasteiger partial charge in [0.1, 0.15) is 0 Å². The Kier molecular flexibility index (Phi) is 33.9. The molecule has 0 fully saturated rings. The topological polar surface area (TPSA) is 72.4 Å². The van der Waals surface area contributed by atoms with Crippen LogP contribution >= 0.6 is 7.82 Å². The van der Waals surface area contributed by atoms with Crippen molar-refractivity contribution in [1.82, 2.24) is 0 Å². The highest BCUT2D eigenvalue weighted by Gasteiger charge is 2.25. The van der Waals surface area contributed by atoms with E-state index in [2.05, 4.69) is 59.9 Å². The van der Waals surface area contributed by atoms with E-state index in [4.69, 9.17) is 0 Å². The summed E-state index contributed by atoms with van der Waals surface area (Å²) >= 11 is 0. The summed E-state index contributed by atoms with van der Waals surface area (Å²) in [5, 5.41) is 0. The lowest BCUT2D eigenvalue weighted by molar-refractivity contribution is -0.929. The van der Waals surface area contributed by atoms with Crippen molar-refractivity contribution in [1.29, 1.82) is 0 Å². The van der Waals surface area contributed by atoms with Crippen LogP contribution in [0.3, 0.4) is 0 Å². The Morgan fingerprint density at radius 2 is 0.550 bits per heavy atom. The highest BCUT2D eigenvalue weighted by molar-refractivity contribution is 7.43. The summed E-state index contributed by atoms with van der Waals surface area (Å²) in [6.45, 7) is 30.0. The lowest BCUT2D eigenvalue weighted by atomic mass is 10.1. The number of phosphoric ester groups is 1. The minimum absolute atomic E-state index is 0.820. The van der Waals surface area contributed by atoms with Crippen LogP contribution in [-0.4, -0.2) is 68.4 Å². The van der Waals surface area contributed by atoms with Crippen LogP contribution in [0.5, 0.6) is 0 Å². The van der Waals surface area contributed by atoms with Crippen LogP contribution in [0.4, 0.5) is 0 Å². The lowest BCUT2D eigenvalue weighted by Gasteiger charge is -2.39. The summed E-state index contributed by atoms with van der Waals surface area (Å²) in [4.78, 5) is 18.5. The zero-order chi connectivity index (χ0) is 31.2. The van der Waals surface area contributed by atoms with Crippen molar-refractivity contribution in [3.63, 3.8) is 0 Å². The van der Waals surface area contributed by atoms with E-state index in [1.807, 2.05) is 0 Å². The van der Waals surface area contributed by atoms with E-state index in [0.29, 0.717) is 0 Å². The van der Waals surface area contributed by atoms with Crippen molar-refractivity contribution in [3.05, 3.63) is 0 Å². The molecule has 6 nitrogen and oxygen atoms in total. The number of nitrogens with zero attached hydrogens (tertiary/aromatic N) is 2. The van der Waals surface area contributed by atoms with E-state index in [0.717, 1.165) is 7.11 Å². The number of unbranched alkanes of at least 4 members (excludes halogenated alkanes) is 8. The Hall–Kier alpha value is 0.0300. The number of phosphoric acid groups is 1. The average molecular weight is 601 g/mol. The number of rotatable bonds is 25. The molecule has 0 N–H and O–H groups in total. The average Bonchev–Trinajstić information content (AvgIpc) is 2.96. The molecule has 0 amide bonds. The van der Waals surface area contributed by atoms with Crippen molar-refractivity contribution in [2.45, 2.75) is 158 Å². The Morgan fingerprint density at radius 1 is 0.425 bits per heavy atom. The fourth-order valence-electron chi connectivity index (χ4n) is 5.29. The molecule has 0 saturated heterocycles. The quantitative estimate of drug-likeness (QED) is 0.0599. The summed E-state index contributed by atoms with van der Waals surface area (Å²) in [5.41, 5.74) is 0. The van der Waals surface area contributed by atoms with Crippen LogP contribution in [0.2, 0.25) is 0 Å². The summed E-state index contributed by atoms with van der Waals surface area (Å²) in [6.07, 6.45) is 22.1. The van der Waals surface area contributed by atoms with Crippen LogP contribution in [-0.2, 0) is 9.09 Å². The molecule has 0 atom stereocenters. The molecule has 0 heterocycles. The predicted molar refractivity (Wildman–Crippen MR) is 173 cm³/mol. The molecule has 40 heavy (non-hydrogen) atoms. The highest BCUT2D eigenvalue weighted by Crippen LogP contribution is 2.21. The predicted octanol–water partition coefficient (Wildman–Crippen LogP) is 8.47. The van der Waals surface area contributed by atoms with Gasteiger partial charge in [0.15, 0.2) is 0 Å². The molecule has 0 radical (unpaired) electrons. The third-order valence-corrected chi connectivity index (χ3v) is 8.56. The normalized spacial score (nSPS) is 12.0. The van der Waals surface area contributed by atoms with Crippen molar-refractivity contribution in [2.75, 3.05) is 59.5 Å². The van der Waals surface area contributed by atoms with Crippen LogP contribution < -0.4 is 9.79 Å². The molecule has 0 aromatic rings. The Balaban J connectivity index is -0.000000569. The SMILES string of the molecule is CCCC[N+](CCCC)(CCCC)CCCC.CCCC[N+](CCCC)(CCCC)CCCC.COP(=[18O])([18O-])[18O-]. The third-order valence-electron chi connectivity index (χ3n) is 8.11. The second-order valence-electron chi connectivity index (χ2n) is 11.9. The van der Waals surface area contributed by atoms with Crippen LogP contribution in [0.1, 0.15) is 158 Å². The van der Waals surface area contributed by atoms with Gasteiger partial charge in [-0.2, -0.15) is 0 Å². The van der Waals surface area contributed by atoms with Crippen molar-refractivity contribution in [2.24, 2.45) is 0 Å². The highest BCUT2D eigenvalue weighted by atomic mass is 31.2. The Labute approximate surface area is 253 Å². The fraction of sp³-hybridized carbons (Fsp3) is 1.00. The van der Waals surface area contributed by atoms with Crippen molar-refractivity contribution >= 4 is 7.82 Å². The first-order valence-electron chi connectivity index (χ1n) is 17.3. The molecule has 0 unspecified atom stereocenters. The molecule has 0 aliphatic carbocycles. The minimum Gasteiger partial charge on any atom is -0.790 e. The molecule has 7 heteroatoms. The van der Waals surface area contributed by atoms with E-state index in [9.17, 15) is 14.4 Å². The lowest BCUT2D eigenvalue weighted by Crippen LogP contribution is -2.50. The van der Waals surface area contributed by atoms with E-state index in [1.54, 1.807) is 0 Å². The van der Waals surface area contributed by atoms with Crippen molar-refractivity contribution in [3.8, 4) is 0 Å². The second-order valence-corrected chi connectivity index (χ2v) is 13.2. The molecule has 0 aromatic heterocycles. The van der Waals surface area contributed by atoms with Crippen LogP contribution in [0.15, 0.2) is 0 Å². The molecule has 0 spiro atoms. The van der Waals surface area contributed by atoms with Gasteiger partial charge in [-0.25, -0.2) is 0 Å². The molecule has 0 aliphatic heterocycles.